The number of likely N-dealkylation sites (tertiary alicyclic amines) is 1. The Kier molecular flexibility index (Phi) is 6.17. The van der Waals surface area contributed by atoms with E-state index in [-0.39, 0.29) is 17.8 Å². The summed E-state index contributed by atoms with van der Waals surface area (Å²) in [4.78, 5) is 17.4. The average Bonchev–Trinajstić information content (AvgIpc) is 3.02. The van der Waals surface area contributed by atoms with E-state index in [4.69, 9.17) is 0 Å². The summed E-state index contributed by atoms with van der Waals surface area (Å²) in [5.74, 6) is 0.136. The number of likely N-dealkylation sites (N-methyl/N-ethyl adjacent to an activating group) is 1. The van der Waals surface area contributed by atoms with E-state index in [0.717, 1.165) is 19.6 Å². The number of hydrogen-bond acceptors (Lipinski definition) is 2. The maximum atomic E-state index is 13.5. The Balaban J connectivity index is 2.19. The molecule has 0 spiro atoms. The smallest absolute Gasteiger partial charge is 0.254 e. The highest BCUT2D eigenvalue weighted by Gasteiger charge is 2.28. The predicted octanol–water partition coefficient (Wildman–Crippen LogP) is 3.72. The van der Waals surface area contributed by atoms with Crippen LogP contribution in [0.25, 0.3) is 0 Å². The van der Waals surface area contributed by atoms with Gasteiger partial charge in [0.1, 0.15) is 5.82 Å². The van der Waals surface area contributed by atoms with Crippen LogP contribution in [0.5, 0.6) is 0 Å². The molecule has 1 amide bonds. The van der Waals surface area contributed by atoms with Gasteiger partial charge in [0.2, 0.25) is 0 Å². The largest absolute Gasteiger partial charge is 0.334 e. The fraction of sp³-hybridized carbons (Fsp3) is 0.632. The molecular formula is C19H29FN2O. The van der Waals surface area contributed by atoms with Crippen LogP contribution < -0.4 is 0 Å². The predicted molar refractivity (Wildman–Crippen MR) is 92.1 cm³/mol. The standard InChI is InChI=1S/C19H29FN2O/c1-5-22(18(14(2)3)13-21-10-6-7-11-21)19(23)16-8-9-17(20)15(4)12-16/h8-9,12,14,18H,5-7,10-11,13H2,1-4H3/t18-/m1/s1. The molecule has 1 aromatic carbocycles. The van der Waals surface area contributed by atoms with Crippen molar-refractivity contribution in [1.82, 2.24) is 9.80 Å². The second-order valence-electron chi connectivity index (χ2n) is 6.87. The number of aryl methyl sites for hydroxylation is 1. The van der Waals surface area contributed by atoms with Crippen LogP contribution in [0.15, 0.2) is 18.2 Å². The van der Waals surface area contributed by atoms with Crippen molar-refractivity contribution in [2.45, 2.75) is 46.6 Å². The lowest BCUT2D eigenvalue weighted by Crippen LogP contribution is -2.49. The van der Waals surface area contributed by atoms with Gasteiger partial charge >= 0.3 is 0 Å². The van der Waals surface area contributed by atoms with Crippen LogP contribution in [0.3, 0.4) is 0 Å². The Morgan fingerprint density at radius 1 is 1.30 bits per heavy atom. The molecule has 0 aromatic heterocycles. The Morgan fingerprint density at radius 3 is 2.48 bits per heavy atom. The van der Waals surface area contributed by atoms with Gasteiger partial charge in [-0.2, -0.15) is 0 Å². The molecule has 1 aliphatic rings. The number of amides is 1. The van der Waals surface area contributed by atoms with Gasteiger partial charge in [0.25, 0.3) is 5.91 Å². The first-order chi connectivity index (χ1) is 10.9. The molecule has 1 fully saturated rings. The summed E-state index contributed by atoms with van der Waals surface area (Å²) in [5.41, 5.74) is 1.10. The zero-order chi connectivity index (χ0) is 17.0. The molecule has 1 aromatic rings. The highest BCUT2D eigenvalue weighted by molar-refractivity contribution is 5.94. The van der Waals surface area contributed by atoms with Crippen LogP contribution in [0.4, 0.5) is 4.39 Å². The van der Waals surface area contributed by atoms with Gasteiger partial charge in [-0.3, -0.25) is 4.79 Å². The first-order valence-electron chi connectivity index (χ1n) is 8.73. The van der Waals surface area contributed by atoms with Crippen molar-refractivity contribution in [2.75, 3.05) is 26.2 Å². The van der Waals surface area contributed by atoms with E-state index in [0.29, 0.717) is 23.6 Å². The lowest BCUT2D eigenvalue weighted by atomic mass is 10.00. The summed E-state index contributed by atoms with van der Waals surface area (Å²) in [6.07, 6.45) is 2.50. The number of benzene rings is 1. The summed E-state index contributed by atoms with van der Waals surface area (Å²) in [5, 5.41) is 0. The number of nitrogens with zero attached hydrogens (tertiary/aromatic N) is 2. The zero-order valence-electron chi connectivity index (χ0n) is 14.8. The fourth-order valence-electron chi connectivity index (χ4n) is 3.37. The van der Waals surface area contributed by atoms with E-state index >= 15 is 0 Å². The molecule has 1 aliphatic heterocycles. The van der Waals surface area contributed by atoms with Crippen molar-refractivity contribution < 1.29 is 9.18 Å². The molecule has 0 N–H and O–H groups in total. The van der Waals surface area contributed by atoms with E-state index in [1.807, 2.05) is 11.8 Å². The Labute approximate surface area is 139 Å². The van der Waals surface area contributed by atoms with Crippen LogP contribution in [0.2, 0.25) is 0 Å². The van der Waals surface area contributed by atoms with Gasteiger partial charge in [-0.15, -0.1) is 0 Å². The lowest BCUT2D eigenvalue weighted by molar-refractivity contribution is 0.0584. The van der Waals surface area contributed by atoms with E-state index in [1.165, 1.54) is 18.9 Å². The monoisotopic (exact) mass is 320 g/mol. The number of carbonyl (C=O) groups excluding carboxylic acids is 1. The molecule has 128 valence electrons. The van der Waals surface area contributed by atoms with E-state index in [1.54, 1.807) is 19.1 Å². The summed E-state index contributed by atoms with van der Waals surface area (Å²) >= 11 is 0. The lowest BCUT2D eigenvalue weighted by Gasteiger charge is -2.36. The molecule has 1 atom stereocenters. The molecule has 0 aliphatic carbocycles. The highest BCUT2D eigenvalue weighted by Crippen LogP contribution is 2.20. The molecule has 1 saturated heterocycles. The van der Waals surface area contributed by atoms with Crippen molar-refractivity contribution in [3.05, 3.63) is 35.1 Å². The minimum absolute atomic E-state index is 0.00787. The first kappa shape index (κ1) is 17.9. The maximum Gasteiger partial charge on any atom is 0.254 e. The normalized spacial score (nSPS) is 16.8. The van der Waals surface area contributed by atoms with Crippen molar-refractivity contribution in [3.63, 3.8) is 0 Å². The third-order valence-corrected chi connectivity index (χ3v) is 4.82. The molecule has 1 heterocycles. The van der Waals surface area contributed by atoms with Gasteiger partial charge in [0, 0.05) is 24.7 Å². The molecule has 0 unspecified atom stereocenters. The Morgan fingerprint density at radius 2 is 1.96 bits per heavy atom. The van der Waals surface area contributed by atoms with Crippen LogP contribution >= 0.6 is 0 Å². The second kappa shape index (κ2) is 7.91. The minimum Gasteiger partial charge on any atom is -0.334 e. The third kappa shape index (κ3) is 4.31. The Bertz CT molecular complexity index is 538. The second-order valence-corrected chi connectivity index (χ2v) is 6.87. The molecule has 0 radical (unpaired) electrons. The maximum absolute atomic E-state index is 13.5. The van der Waals surface area contributed by atoms with Gasteiger partial charge < -0.3 is 9.80 Å². The number of rotatable bonds is 6. The Hall–Kier alpha value is -1.42. The van der Waals surface area contributed by atoms with Crippen LogP contribution in [0, 0.1) is 18.7 Å². The molecule has 23 heavy (non-hydrogen) atoms. The summed E-state index contributed by atoms with van der Waals surface area (Å²) in [6, 6.07) is 4.84. The van der Waals surface area contributed by atoms with Gasteiger partial charge in [-0.1, -0.05) is 13.8 Å². The summed E-state index contributed by atoms with van der Waals surface area (Å²) < 4.78 is 13.5. The molecule has 0 saturated carbocycles. The van der Waals surface area contributed by atoms with Gasteiger partial charge in [-0.05, 0) is 69.5 Å². The van der Waals surface area contributed by atoms with Crippen molar-refractivity contribution in [3.8, 4) is 0 Å². The number of hydrogen-bond donors (Lipinski definition) is 0. The van der Waals surface area contributed by atoms with Gasteiger partial charge in [0.05, 0.1) is 0 Å². The summed E-state index contributed by atoms with van der Waals surface area (Å²) in [7, 11) is 0. The van der Waals surface area contributed by atoms with Gasteiger partial charge in [-0.25, -0.2) is 4.39 Å². The summed E-state index contributed by atoms with van der Waals surface area (Å²) in [6.45, 7) is 11.9. The molecule has 2 rings (SSSR count). The minimum atomic E-state index is -0.262. The molecule has 0 bridgehead atoms. The van der Waals surface area contributed by atoms with Crippen molar-refractivity contribution in [1.29, 1.82) is 0 Å². The quantitative estimate of drug-likeness (QED) is 0.797. The SMILES string of the molecule is CCN(C(=O)c1ccc(F)c(C)c1)[C@H](CN1CCCC1)C(C)C. The molecule has 4 heteroatoms. The molecular weight excluding hydrogens is 291 g/mol. The van der Waals surface area contributed by atoms with Gasteiger partial charge in [0.15, 0.2) is 0 Å². The fourth-order valence-corrected chi connectivity index (χ4v) is 3.37. The van der Waals surface area contributed by atoms with E-state index < -0.39 is 0 Å². The third-order valence-electron chi connectivity index (χ3n) is 4.82. The first-order valence-corrected chi connectivity index (χ1v) is 8.73. The number of carbonyl (C=O) groups is 1. The van der Waals surface area contributed by atoms with E-state index in [2.05, 4.69) is 18.7 Å². The van der Waals surface area contributed by atoms with E-state index in [9.17, 15) is 9.18 Å². The van der Waals surface area contributed by atoms with Crippen molar-refractivity contribution in [2.24, 2.45) is 5.92 Å². The van der Waals surface area contributed by atoms with Crippen LogP contribution in [-0.2, 0) is 0 Å². The van der Waals surface area contributed by atoms with Crippen LogP contribution in [0.1, 0.15) is 49.5 Å². The topological polar surface area (TPSA) is 23.6 Å². The number of halogens is 1. The van der Waals surface area contributed by atoms with Crippen LogP contribution in [-0.4, -0.2) is 47.9 Å². The molecule has 3 nitrogen and oxygen atoms in total. The average molecular weight is 320 g/mol. The highest BCUT2D eigenvalue weighted by atomic mass is 19.1. The zero-order valence-corrected chi connectivity index (χ0v) is 14.8. The van der Waals surface area contributed by atoms with Crippen molar-refractivity contribution >= 4 is 5.91 Å².